The van der Waals surface area contributed by atoms with Gasteiger partial charge in [-0.15, -0.1) is 0 Å². The zero-order chi connectivity index (χ0) is 22.8. The van der Waals surface area contributed by atoms with Gasteiger partial charge in [-0.05, 0) is 49.6 Å². The number of nitrogens with one attached hydrogen (secondary N) is 1. The van der Waals surface area contributed by atoms with Crippen LogP contribution in [0.1, 0.15) is 24.8 Å². The van der Waals surface area contributed by atoms with Crippen LogP contribution < -0.4 is 10.2 Å². The molecule has 1 amide bonds. The van der Waals surface area contributed by atoms with E-state index >= 15 is 0 Å². The fourth-order valence-corrected chi connectivity index (χ4v) is 4.44. The van der Waals surface area contributed by atoms with E-state index in [0.29, 0.717) is 24.6 Å². The summed E-state index contributed by atoms with van der Waals surface area (Å²) in [5.74, 6) is 1.51. The molecule has 33 heavy (non-hydrogen) atoms. The number of phenolic OH excluding ortho intramolecular Hbond substituents is 1. The lowest BCUT2D eigenvalue weighted by Crippen LogP contribution is -2.45. The van der Waals surface area contributed by atoms with Crippen molar-refractivity contribution in [3.63, 3.8) is 0 Å². The molecule has 0 saturated carbocycles. The van der Waals surface area contributed by atoms with E-state index in [2.05, 4.69) is 22.3 Å². The van der Waals surface area contributed by atoms with Gasteiger partial charge in [-0.3, -0.25) is 0 Å². The van der Waals surface area contributed by atoms with E-state index in [-0.39, 0.29) is 24.0 Å². The lowest BCUT2D eigenvalue weighted by molar-refractivity contribution is 0.0800. The van der Waals surface area contributed by atoms with Crippen molar-refractivity contribution in [2.75, 3.05) is 31.2 Å². The molecule has 0 spiro atoms. The second-order valence-electron chi connectivity index (χ2n) is 8.71. The van der Waals surface area contributed by atoms with Gasteiger partial charge >= 0.3 is 6.09 Å². The van der Waals surface area contributed by atoms with Crippen molar-refractivity contribution in [3.05, 3.63) is 48.0 Å². The molecule has 3 aromatic rings. The maximum absolute atomic E-state index is 12.2. The maximum atomic E-state index is 12.2. The van der Waals surface area contributed by atoms with Crippen LogP contribution in [0.5, 0.6) is 5.75 Å². The van der Waals surface area contributed by atoms with E-state index in [1.165, 1.54) is 0 Å². The Bertz CT molecular complexity index is 1150. The number of aromatic nitrogens is 2. The van der Waals surface area contributed by atoms with Crippen molar-refractivity contribution >= 4 is 22.8 Å². The number of fused-ring (bicyclic) bond motifs is 1. The summed E-state index contributed by atoms with van der Waals surface area (Å²) in [4.78, 5) is 24.1. The monoisotopic (exact) mass is 448 g/mol. The number of aryl methyl sites for hydroxylation is 1. The Balaban J connectivity index is 1.35. The fraction of sp³-hybridized carbons (Fsp3) is 0.400. The van der Waals surface area contributed by atoms with Crippen LogP contribution in [0.15, 0.2) is 42.5 Å². The average molecular weight is 449 g/mol. The SMILES string of the molecule is Cc1ccc2c(N3CCC(NC(=O)O[C@@H]4CCOC4)CC3)nc(-c3ccccc3O)nc2c1. The second-order valence-corrected chi connectivity index (χ2v) is 8.71. The summed E-state index contributed by atoms with van der Waals surface area (Å²) in [7, 11) is 0. The summed E-state index contributed by atoms with van der Waals surface area (Å²) >= 11 is 0. The van der Waals surface area contributed by atoms with Gasteiger partial charge in [0.1, 0.15) is 17.7 Å². The minimum absolute atomic E-state index is 0.0593. The van der Waals surface area contributed by atoms with Gasteiger partial charge in [0.15, 0.2) is 5.82 Å². The highest BCUT2D eigenvalue weighted by Gasteiger charge is 2.26. The smallest absolute Gasteiger partial charge is 0.407 e. The number of carbonyl (C=O) groups is 1. The molecule has 2 aliphatic heterocycles. The Morgan fingerprint density at radius 3 is 2.73 bits per heavy atom. The molecule has 2 aliphatic rings. The van der Waals surface area contributed by atoms with Gasteiger partial charge in [0.05, 0.1) is 24.3 Å². The molecule has 2 fully saturated rings. The Labute approximate surface area is 192 Å². The van der Waals surface area contributed by atoms with Gasteiger partial charge in [-0.25, -0.2) is 14.8 Å². The van der Waals surface area contributed by atoms with Gasteiger partial charge < -0.3 is 24.8 Å². The van der Waals surface area contributed by atoms with Gasteiger partial charge in [0.2, 0.25) is 0 Å². The largest absolute Gasteiger partial charge is 0.507 e. The first-order valence-corrected chi connectivity index (χ1v) is 11.4. The zero-order valence-corrected chi connectivity index (χ0v) is 18.7. The number of benzene rings is 2. The number of hydrogen-bond acceptors (Lipinski definition) is 7. The van der Waals surface area contributed by atoms with Crippen molar-refractivity contribution in [1.82, 2.24) is 15.3 Å². The number of phenols is 1. The average Bonchev–Trinajstić information content (AvgIpc) is 3.32. The second kappa shape index (κ2) is 9.23. The molecule has 0 bridgehead atoms. The van der Waals surface area contributed by atoms with Crippen LogP contribution in [-0.4, -0.2) is 59.6 Å². The number of rotatable bonds is 4. The summed E-state index contributed by atoms with van der Waals surface area (Å²) < 4.78 is 10.7. The highest BCUT2D eigenvalue weighted by molar-refractivity contribution is 5.92. The molecule has 2 N–H and O–H groups in total. The molecule has 5 rings (SSSR count). The van der Waals surface area contributed by atoms with Crippen molar-refractivity contribution in [3.8, 4) is 17.1 Å². The quantitative estimate of drug-likeness (QED) is 0.627. The van der Waals surface area contributed by atoms with Crippen molar-refractivity contribution < 1.29 is 19.4 Å². The summed E-state index contributed by atoms with van der Waals surface area (Å²) in [5, 5.41) is 14.3. The van der Waals surface area contributed by atoms with Crippen LogP contribution in [0.4, 0.5) is 10.6 Å². The summed E-state index contributed by atoms with van der Waals surface area (Å²) in [6.45, 7) is 4.65. The van der Waals surface area contributed by atoms with Crippen LogP contribution in [0.3, 0.4) is 0 Å². The van der Waals surface area contributed by atoms with Crippen LogP contribution in [0.25, 0.3) is 22.3 Å². The molecule has 2 saturated heterocycles. The van der Waals surface area contributed by atoms with Gasteiger partial charge in [0, 0.05) is 30.9 Å². The third-order valence-electron chi connectivity index (χ3n) is 6.26. The van der Waals surface area contributed by atoms with Crippen LogP contribution in [0, 0.1) is 6.92 Å². The molecule has 0 aliphatic carbocycles. The van der Waals surface area contributed by atoms with Gasteiger partial charge in [-0.1, -0.05) is 18.2 Å². The molecule has 2 aromatic carbocycles. The molecule has 1 atom stereocenters. The Morgan fingerprint density at radius 2 is 1.97 bits per heavy atom. The summed E-state index contributed by atoms with van der Waals surface area (Å²) in [6, 6.07) is 13.3. The standard InChI is InChI=1S/C25H28N4O4/c1-16-6-7-19-21(14-16)27-23(20-4-2-3-5-22(20)30)28-24(19)29-11-8-17(9-12-29)26-25(31)33-18-10-13-32-15-18/h2-7,14,17-18,30H,8-13,15H2,1H3,(H,26,31)/t18-/m1/s1. The van der Waals surface area contributed by atoms with Crippen molar-refractivity contribution in [2.24, 2.45) is 0 Å². The highest BCUT2D eigenvalue weighted by atomic mass is 16.6. The first-order chi connectivity index (χ1) is 16.1. The number of alkyl carbamates (subject to hydrolysis) is 1. The Kier molecular flexibility index (Phi) is 6.00. The summed E-state index contributed by atoms with van der Waals surface area (Å²) in [5.41, 5.74) is 2.57. The van der Waals surface area contributed by atoms with E-state index in [4.69, 9.17) is 19.4 Å². The number of nitrogens with zero attached hydrogens (tertiary/aromatic N) is 3. The molecule has 0 unspecified atom stereocenters. The van der Waals surface area contributed by atoms with Gasteiger partial charge in [0.25, 0.3) is 0 Å². The number of piperidine rings is 1. The van der Waals surface area contributed by atoms with E-state index in [9.17, 15) is 9.90 Å². The van der Waals surface area contributed by atoms with Gasteiger partial charge in [-0.2, -0.15) is 0 Å². The first kappa shape index (κ1) is 21.5. The molecule has 1 aromatic heterocycles. The third kappa shape index (κ3) is 4.71. The fourth-order valence-electron chi connectivity index (χ4n) is 4.44. The number of anilines is 1. The third-order valence-corrected chi connectivity index (χ3v) is 6.26. The molecule has 8 nitrogen and oxygen atoms in total. The molecule has 3 heterocycles. The van der Waals surface area contributed by atoms with Crippen molar-refractivity contribution in [2.45, 2.75) is 38.3 Å². The molecule has 8 heteroatoms. The van der Waals surface area contributed by atoms with Crippen LogP contribution >= 0.6 is 0 Å². The number of hydrogen-bond donors (Lipinski definition) is 2. The lowest BCUT2D eigenvalue weighted by Gasteiger charge is -2.33. The Morgan fingerprint density at radius 1 is 1.15 bits per heavy atom. The highest BCUT2D eigenvalue weighted by Crippen LogP contribution is 2.33. The normalized spacial score (nSPS) is 19.1. The zero-order valence-electron chi connectivity index (χ0n) is 18.7. The van der Waals surface area contributed by atoms with E-state index in [1.807, 2.05) is 25.1 Å². The number of carbonyl (C=O) groups excluding carboxylic acids is 1. The maximum Gasteiger partial charge on any atom is 0.407 e. The number of aromatic hydroxyl groups is 1. The summed E-state index contributed by atoms with van der Waals surface area (Å²) in [6.07, 6.45) is 1.83. The first-order valence-electron chi connectivity index (χ1n) is 11.4. The molecule has 172 valence electrons. The predicted octanol–water partition coefficient (Wildman–Crippen LogP) is 3.79. The topological polar surface area (TPSA) is 96.8 Å². The van der Waals surface area contributed by atoms with Crippen LogP contribution in [-0.2, 0) is 9.47 Å². The van der Waals surface area contributed by atoms with E-state index in [0.717, 1.165) is 54.6 Å². The molecular weight excluding hydrogens is 420 g/mol. The van der Waals surface area contributed by atoms with E-state index in [1.54, 1.807) is 12.1 Å². The predicted molar refractivity (Wildman–Crippen MR) is 125 cm³/mol. The number of para-hydroxylation sites is 1. The minimum Gasteiger partial charge on any atom is -0.507 e. The lowest BCUT2D eigenvalue weighted by atomic mass is 10.0. The number of ether oxygens (including phenoxy) is 2. The van der Waals surface area contributed by atoms with Crippen molar-refractivity contribution in [1.29, 1.82) is 0 Å². The minimum atomic E-state index is -0.367. The van der Waals surface area contributed by atoms with Crippen LogP contribution in [0.2, 0.25) is 0 Å². The Hall–Kier alpha value is -3.39. The van der Waals surface area contributed by atoms with E-state index < -0.39 is 0 Å². The number of amides is 1. The molecule has 0 radical (unpaired) electrons. The molecular formula is C25H28N4O4.